The van der Waals surface area contributed by atoms with Crippen molar-refractivity contribution in [2.24, 2.45) is 0 Å². The number of esters is 3. The van der Waals surface area contributed by atoms with E-state index in [-0.39, 0.29) is 45.7 Å². The normalized spacial score (nSPS) is 19.1. The van der Waals surface area contributed by atoms with Gasteiger partial charge < -0.3 is 56.1 Å². The van der Waals surface area contributed by atoms with Crippen LogP contribution in [0.15, 0.2) is 157 Å². The average Bonchev–Trinajstić information content (AvgIpc) is 1.67. The van der Waals surface area contributed by atoms with Gasteiger partial charge in [-0.15, -0.1) is 0 Å². The summed E-state index contributed by atoms with van der Waals surface area (Å²) < 4.78 is 97.1. The number of aromatic amines is 3. The number of hydrogen-bond donors (Lipinski definition) is 4. The van der Waals surface area contributed by atoms with Gasteiger partial charge in [0.1, 0.15) is 55.3 Å². The maximum atomic E-state index is 13.1. The second-order valence-corrected chi connectivity index (χ2v) is 36.6. The van der Waals surface area contributed by atoms with Crippen molar-refractivity contribution in [3.8, 4) is 34.2 Å². The highest BCUT2D eigenvalue weighted by Gasteiger charge is 2.43. The van der Waals surface area contributed by atoms with Crippen molar-refractivity contribution >= 4 is 42.9 Å². The van der Waals surface area contributed by atoms with Crippen molar-refractivity contribution in [2.75, 3.05) is 61.0 Å². The Morgan fingerprint density at radius 3 is 1.13 bits per heavy atom. The first-order valence-electron chi connectivity index (χ1n) is 43.1. The fourth-order valence-electron chi connectivity index (χ4n) is 14.4. The van der Waals surface area contributed by atoms with Gasteiger partial charge in [-0.2, -0.15) is 0 Å². The van der Waals surface area contributed by atoms with Gasteiger partial charge in [-0.3, -0.25) is 101 Å². The highest BCUT2D eigenvalue weighted by Crippen LogP contribution is 2.50. The maximum absolute atomic E-state index is 13.1. The molecule has 9 aromatic rings. The van der Waals surface area contributed by atoms with E-state index in [1.54, 1.807) is 52.7 Å². The van der Waals surface area contributed by atoms with Crippen LogP contribution in [0, 0.1) is 41.5 Å². The Balaban J connectivity index is 0.000000204. The number of nitrogens with one attached hydrogen (secondary N) is 3. The summed E-state index contributed by atoms with van der Waals surface area (Å²) >= 11 is 0. The van der Waals surface area contributed by atoms with E-state index in [4.69, 9.17) is 64.6 Å². The summed E-state index contributed by atoms with van der Waals surface area (Å²) in [6.07, 6.45) is 16.7. The van der Waals surface area contributed by atoms with Crippen LogP contribution in [-0.2, 0) is 103 Å². The molecule has 3 fully saturated rings. The first-order valence-corrected chi connectivity index (χ1v) is 46.8. The predicted molar refractivity (Wildman–Crippen MR) is 487 cm³/mol. The van der Waals surface area contributed by atoms with Gasteiger partial charge in [0.2, 0.25) is 0 Å². The van der Waals surface area contributed by atoms with Crippen LogP contribution in [-0.4, -0.2) is 196 Å². The van der Waals surface area contributed by atoms with Crippen LogP contribution in [0.5, 0.6) is 0 Å². The number of rotatable bonds is 40. The van der Waals surface area contributed by atoms with Crippen molar-refractivity contribution in [2.45, 2.75) is 234 Å². The van der Waals surface area contributed by atoms with Crippen LogP contribution in [0.1, 0.15) is 175 Å². The van der Waals surface area contributed by atoms with E-state index in [1.807, 2.05) is 74.8 Å². The predicted octanol–water partition coefficient (Wildman–Crippen LogP) is 12.2. The third-order valence-corrected chi connectivity index (χ3v) is 25.3. The van der Waals surface area contributed by atoms with Crippen molar-refractivity contribution in [3.05, 3.63) is 241 Å². The molecule has 0 amide bonds. The summed E-state index contributed by atoms with van der Waals surface area (Å²) in [5.41, 5.74) is 9.90. The number of H-pyrrole nitrogens is 3. The van der Waals surface area contributed by atoms with Crippen molar-refractivity contribution in [1.82, 2.24) is 63.2 Å². The van der Waals surface area contributed by atoms with Gasteiger partial charge in [0.15, 0.2) is 0 Å². The Hall–Kier alpha value is -10.1. The number of aromatic nitrogens is 12. The second-order valence-electron chi connectivity index (χ2n) is 31.9. The average molecular weight is 1880 g/mol. The van der Waals surface area contributed by atoms with E-state index in [0.29, 0.717) is 48.4 Å². The topological polar surface area (TPSA) is 463 Å². The highest BCUT2D eigenvalue weighted by molar-refractivity contribution is 7.48. The fourth-order valence-corrected chi connectivity index (χ4v) is 17.6. The number of aliphatic hydroxyl groups is 1. The van der Waals surface area contributed by atoms with Gasteiger partial charge in [-0.1, -0.05) is 0 Å². The molecule has 12 rings (SSSR count). The van der Waals surface area contributed by atoms with E-state index in [2.05, 4.69) is 108 Å². The molecule has 0 aromatic carbocycles. The third-order valence-electron chi connectivity index (χ3n) is 20.8. The molecule has 12 atom stereocenters. The van der Waals surface area contributed by atoms with Gasteiger partial charge >= 0.3 is 51.4 Å². The molecule has 0 radical (unpaired) electrons. The summed E-state index contributed by atoms with van der Waals surface area (Å²) in [5.74, 6) is -1.51. The van der Waals surface area contributed by atoms with Gasteiger partial charge in [0, 0.05) is 146 Å². The molecule has 9 aromatic heterocycles. The van der Waals surface area contributed by atoms with E-state index in [1.165, 1.54) is 84.0 Å². The highest BCUT2D eigenvalue weighted by atomic mass is 31.2. The molecule has 0 spiro atoms. The van der Waals surface area contributed by atoms with Crippen LogP contribution in [0.2, 0.25) is 0 Å². The molecule has 0 aliphatic carbocycles. The number of carbonyl (C=O) groups is 3. The molecule has 3 aliphatic heterocycles. The first-order chi connectivity index (χ1) is 62.6. The monoisotopic (exact) mass is 1880 g/mol. The molecule has 131 heavy (non-hydrogen) atoms. The molecule has 0 saturated carbocycles. The summed E-state index contributed by atoms with van der Waals surface area (Å²) in [6.45, 7) is 24.0. The Kier molecular flexibility index (Phi) is 41.4. The summed E-state index contributed by atoms with van der Waals surface area (Å²) in [6, 6.07) is 25.0. The lowest BCUT2D eigenvalue weighted by atomic mass is 10.1. The maximum Gasteiger partial charge on any atom is 0.474 e. The minimum Gasteiger partial charge on any atom is -0.460 e. The Morgan fingerprint density at radius 1 is 0.458 bits per heavy atom. The molecule has 12 heterocycles. The number of aryl methyl sites for hydroxylation is 9. The Labute approximate surface area is 761 Å². The number of pyridine rings is 6. The zero-order valence-electron chi connectivity index (χ0n) is 76.8. The van der Waals surface area contributed by atoms with Crippen LogP contribution in [0.25, 0.3) is 34.2 Å². The number of carbonyl (C=O) groups excluding carboxylic acids is 3. The molecule has 38 nitrogen and oxygen atoms in total. The molecule has 4 N–H and O–H groups in total. The number of hydrogen-bond acceptors (Lipinski definition) is 32. The minimum absolute atomic E-state index is 0.0257. The lowest BCUT2D eigenvalue weighted by molar-refractivity contribution is -0.151. The molecule has 6 unspecified atom stereocenters. The molecule has 3 saturated heterocycles. The van der Waals surface area contributed by atoms with E-state index < -0.39 is 132 Å². The summed E-state index contributed by atoms with van der Waals surface area (Å²) in [5, 5.41) is 9.22. The lowest BCUT2D eigenvalue weighted by Crippen LogP contribution is -2.33. The number of unbranched alkanes of at least 4 members (excludes halogenated alkanes) is 3. The van der Waals surface area contributed by atoms with Gasteiger partial charge in [-0.25, -0.2) is 23.6 Å². The van der Waals surface area contributed by atoms with Crippen molar-refractivity contribution in [3.63, 3.8) is 0 Å². The molecular weight excluding hydrogens is 1760 g/mol. The minimum atomic E-state index is -3.95. The van der Waals surface area contributed by atoms with E-state index in [9.17, 15) is 52.8 Å². The van der Waals surface area contributed by atoms with Gasteiger partial charge in [0.05, 0.1) is 73.8 Å². The number of phosphoric ester groups is 1. The zero-order chi connectivity index (χ0) is 95.0. The largest absolute Gasteiger partial charge is 0.474 e. The van der Waals surface area contributed by atoms with Crippen molar-refractivity contribution < 1.29 is 88.7 Å². The number of aliphatic hydroxyl groups excluding tert-OH is 1. The standard InChI is InChI=1S/C28H35N4O9P.C28H35N4O8P.C22H34N3O2P.C12H16N2O6/c1-18-8-10-29-22(13-18)23-14-21(9-11-30-23)7-5-6-12-38-42(36,37-4)39-17-25-24(40-20(3)33)15-26(41-25)32-16-19(2)27(34)31-28(32)35;1-18-8-10-29-22(13-18)23-14-21(9-11-30-23)7-5-6-12-37-41(36-4)38-17-25-24(39-20(3)33)15-26(40-25)32-16-19(2)27(34)31-28(32)35;1-17(2)25(18(3)4)28(26-6)27-14-8-7-9-20-11-13-24-22(16-20)21-15-19(5)10-12-23-21;1-6-4-14(12(18)13-11(6)17)10-3-8(19-7(2)16)9(5-15)20-10/h8-11,13-14,16,24-26H,5-7,12,15,17H2,1-4H3,(H,31,34,35);8-11,13-14,16,24-26H,5-7,12,15,17H2,1-4H3,(H,31,34,35);10-13,15-18H,7-9,14H2,1-6H3;4,8-10,15H,3,5H2,1-2H3,(H,13,17,18)/t24?,25-,26-,42?;24?,25-,26-,41?;;8?,9-,10-/m11.1/s1. The van der Waals surface area contributed by atoms with Crippen LogP contribution < -0.4 is 33.7 Å². The lowest BCUT2D eigenvalue weighted by Gasteiger charge is -2.34. The second kappa shape index (κ2) is 51.8. The van der Waals surface area contributed by atoms with E-state index >= 15 is 0 Å². The smallest absolute Gasteiger partial charge is 0.460 e. The SMILES string of the molecule is CC(=O)OC1C[C@H](n2cc(C)c(=O)[nH]c2=O)O[C@@H]1CO.COP(=O)(OCCCCc1ccnc(-c2cc(C)ccn2)c1)OC[C@H]1O[C@@H](n2cc(C)c(=O)[nH]c2=O)CC1OC(C)=O.COP(OCCCCc1ccnc(-c2cc(C)ccn2)c1)N(C(C)C)C(C)C.COP(OCCCCc1ccnc(-c2cc(C)ccn2)c1)OC[C@H]1O[C@@H](n2cc(C)c(=O)[nH]c2=O)CC1OC(C)=O. The quantitative estimate of drug-likeness (QED) is 0.0120. The fraction of sp³-hybridized carbons (Fsp3) is 0.500. The molecular formula is C90H120N13O25P3. The number of nitrogens with zero attached hydrogens (tertiary/aromatic N) is 10. The number of ether oxygens (including phenoxy) is 6. The number of phosphoric acid groups is 1. The molecule has 0 bridgehead atoms. The third kappa shape index (κ3) is 32.4. The Morgan fingerprint density at radius 2 is 0.794 bits per heavy atom. The summed E-state index contributed by atoms with van der Waals surface area (Å²) in [7, 11) is -2.16. The first kappa shape index (κ1) is 105. The molecule has 3 aliphatic rings. The van der Waals surface area contributed by atoms with Crippen LogP contribution in [0.4, 0.5) is 0 Å². The molecule has 710 valence electrons. The Bertz CT molecular complexity index is 5650. The van der Waals surface area contributed by atoms with Crippen molar-refractivity contribution in [1.29, 1.82) is 0 Å². The van der Waals surface area contributed by atoms with Crippen LogP contribution in [0.3, 0.4) is 0 Å². The van der Waals surface area contributed by atoms with Crippen LogP contribution >= 0.6 is 25.0 Å². The van der Waals surface area contributed by atoms with E-state index in [0.717, 1.165) is 102 Å². The zero-order valence-corrected chi connectivity index (χ0v) is 79.4. The summed E-state index contributed by atoms with van der Waals surface area (Å²) in [4.78, 5) is 139. The van der Waals surface area contributed by atoms with Gasteiger partial charge in [-0.05, 0) is 233 Å². The van der Waals surface area contributed by atoms with Gasteiger partial charge in [0.25, 0.3) is 25.2 Å². The molecule has 41 heteroatoms.